The molecular formula is C36H36N4O8. The number of nitrogens with one attached hydrogen (secondary N) is 2. The minimum absolute atomic E-state index is 0.00904. The Morgan fingerprint density at radius 2 is 1.31 bits per heavy atom. The number of amides is 2. The molecule has 2 N–H and O–H groups in total. The normalized spacial score (nSPS) is 11.0. The maximum absolute atomic E-state index is 13.2. The summed E-state index contributed by atoms with van der Waals surface area (Å²) in [7, 11) is 9.63. The summed E-state index contributed by atoms with van der Waals surface area (Å²) in [5, 5.41) is 6.74. The summed E-state index contributed by atoms with van der Waals surface area (Å²) in [6.07, 6.45) is 2.94. The zero-order valence-electron chi connectivity index (χ0n) is 27.4. The number of hydrogen-bond donors (Lipinski definition) is 2. The Morgan fingerprint density at radius 1 is 0.688 bits per heavy atom. The first-order valence-electron chi connectivity index (χ1n) is 14.6. The molecule has 4 aromatic carbocycles. The van der Waals surface area contributed by atoms with Gasteiger partial charge in [-0.2, -0.15) is 5.10 Å². The summed E-state index contributed by atoms with van der Waals surface area (Å²) in [4.78, 5) is 41.1. The van der Waals surface area contributed by atoms with Gasteiger partial charge in [-0.15, -0.1) is 0 Å². The average Bonchev–Trinajstić information content (AvgIpc) is 3.11. The van der Waals surface area contributed by atoms with Crippen molar-refractivity contribution in [3.63, 3.8) is 0 Å². The molecule has 2 amide bonds. The zero-order valence-corrected chi connectivity index (χ0v) is 27.4. The van der Waals surface area contributed by atoms with Crippen molar-refractivity contribution in [3.8, 4) is 28.7 Å². The molecule has 0 aliphatic rings. The van der Waals surface area contributed by atoms with Gasteiger partial charge < -0.3 is 33.9 Å². The largest absolute Gasteiger partial charge is 0.493 e. The number of hydrazone groups is 1. The number of ether oxygens (including phenoxy) is 5. The standard InChI is InChI=1S/C36H36N4O8/c1-40(2)27-15-12-23(13-16-27)18-28(38-34(41)25-10-8-7-9-11-25)35(42)39-37-22-24-14-17-29(30(19-24)44-3)48-36(43)26-20-31(45-4)33(47-6)32(21-26)46-5/h7-22H,1-6H3,(H,38,41)(H,39,42)/b28-18+,37-22+. The summed E-state index contributed by atoms with van der Waals surface area (Å²) >= 11 is 0. The Kier molecular flexibility index (Phi) is 11.8. The number of nitrogens with zero attached hydrogens (tertiary/aromatic N) is 2. The lowest BCUT2D eigenvalue weighted by Gasteiger charge is -2.14. The van der Waals surface area contributed by atoms with Gasteiger partial charge >= 0.3 is 5.97 Å². The van der Waals surface area contributed by atoms with Crippen molar-refractivity contribution in [2.24, 2.45) is 5.10 Å². The van der Waals surface area contributed by atoms with Crippen LogP contribution in [-0.2, 0) is 4.79 Å². The van der Waals surface area contributed by atoms with E-state index in [1.54, 1.807) is 48.5 Å². The molecule has 12 heteroatoms. The van der Waals surface area contributed by atoms with Crippen molar-refractivity contribution in [1.29, 1.82) is 0 Å². The van der Waals surface area contributed by atoms with E-state index in [4.69, 9.17) is 23.7 Å². The maximum Gasteiger partial charge on any atom is 0.343 e. The third-order valence-corrected chi connectivity index (χ3v) is 6.92. The first-order valence-corrected chi connectivity index (χ1v) is 14.6. The minimum atomic E-state index is -0.686. The lowest BCUT2D eigenvalue weighted by Crippen LogP contribution is -2.32. The molecule has 0 radical (unpaired) electrons. The highest BCUT2D eigenvalue weighted by Crippen LogP contribution is 2.39. The molecule has 48 heavy (non-hydrogen) atoms. The molecule has 0 saturated heterocycles. The van der Waals surface area contributed by atoms with E-state index in [0.29, 0.717) is 33.9 Å². The third-order valence-electron chi connectivity index (χ3n) is 6.92. The molecule has 4 aromatic rings. The quantitative estimate of drug-likeness (QED) is 0.0678. The van der Waals surface area contributed by atoms with Crippen LogP contribution < -0.4 is 39.3 Å². The highest BCUT2D eigenvalue weighted by Gasteiger charge is 2.20. The SMILES string of the molecule is COc1cc(/C=N/NC(=O)/C(=C\c2ccc(N(C)C)cc2)NC(=O)c2ccccc2)ccc1OC(=O)c1cc(OC)c(OC)c(OC)c1. The second-order valence-corrected chi connectivity index (χ2v) is 10.3. The fourth-order valence-electron chi connectivity index (χ4n) is 4.41. The molecule has 0 unspecified atom stereocenters. The fraction of sp³-hybridized carbons (Fsp3) is 0.167. The number of carbonyl (C=O) groups excluding carboxylic acids is 3. The number of rotatable bonds is 13. The van der Waals surface area contributed by atoms with E-state index in [1.807, 2.05) is 43.3 Å². The van der Waals surface area contributed by atoms with Gasteiger partial charge in [0.15, 0.2) is 23.0 Å². The lowest BCUT2D eigenvalue weighted by atomic mass is 10.1. The molecule has 4 rings (SSSR count). The third kappa shape index (κ3) is 8.69. The van der Waals surface area contributed by atoms with Gasteiger partial charge in [-0.3, -0.25) is 9.59 Å². The van der Waals surface area contributed by atoms with Crippen molar-refractivity contribution in [3.05, 3.63) is 113 Å². The molecular weight excluding hydrogens is 616 g/mol. The van der Waals surface area contributed by atoms with Gasteiger partial charge in [0, 0.05) is 25.3 Å². The predicted octanol–water partition coefficient (Wildman–Crippen LogP) is 4.93. The van der Waals surface area contributed by atoms with Crippen LogP contribution in [0.5, 0.6) is 28.7 Å². The van der Waals surface area contributed by atoms with E-state index in [9.17, 15) is 14.4 Å². The fourth-order valence-corrected chi connectivity index (χ4v) is 4.41. The topological polar surface area (TPSA) is 137 Å². The maximum atomic E-state index is 13.2. The van der Waals surface area contributed by atoms with Crippen molar-refractivity contribution < 1.29 is 38.1 Å². The van der Waals surface area contributed by atoms with Crippen LogP contribution in [-0.4, -0.2) is 66.5 Å². The van der Waals surface area contributed by atoms with E-state index in [2.05, 4.69) is 15.8 Å². The first kappa shape index (κ1) is 34.6. The monoisotopic (exact) mass is 652 g/mol. The number of benzene rings is 4. The molecule has 0 heterocycles. The molecule has 0 saturated carbocycles. The Bertz CT molecular complexity index is 1790. The average molecular weight is 653 g/mol. The highest BCUT2D eigenvalue weighted by molar-refractivity contribution is 6.05. The van der Waals surface area contributed by atoms with Crippen molar-refractivity contribution in [1.82, 2.24) is 10.7 Å². The summed E-state index contributed by atoms with van der Waals surface area (Å²) in [5.41, 5.74) is 5.20. The molecule has 0 aromatic heterocycles. The van der Waals surface area contributed by atoms with Gasteiger partial charge in [-0.05, 0) is 71.8 Å². The van der Waals surface area contributed by atoms with E-state index in [1.165, 1.54) is 52.9 Å². The van der Waals surface area contributed by atoms with Gasteiger partial charge in [-0.1, -0.05) is 30.3 Å². The van der Waals surface area contributed by atoms with E-state index >= 15 is 0 Å². The Balaban J connectivity index is 1.50. The van der Waals surface area contributed by atoms with E-state index in [0.717, 1.165) is 5.69 Å². The Hall–Kier alpha value is -6.30. The number of esters is 1. The minimum Gasteiger partial charge on any atom is -0.493 e. The Morgan fingerprint density at radius 3 is 1.90 bits per heavy atom. The molecule has 0 aliphatic heterocycles. The molecule has 0 atom stereocenters. The smallest absolute Gasteiger partial charge is 0.343 e. The molecule has 0 spiro atoms. The molecule has 0 fully saturated rings. The van der Waals surface area contributed by atoms with Crippen LogP contribution in [0, 0.1) is 0 Å². The predicted molar refractivity (Wildman–Crippen MR) is 182 cm³/mol. The van der Waals surface area contributed by atoms with Crippen molar-refractivity contribution in [2.75, 3.05) is 47.4 Å². The van der Waals surface area contributed by atoms with Gasteiger partial charge in [0.05, 0.1) is 40.2 Å². The summed E-state index contributed by atoms with van der Waals surface area (Å²) in [5.74, 6) is -0.468. The number of hydrogen-bond acceptors (Lipinski definition) is 10. The van der Waals surface area contributed by atoms with Crippen molar-refractivity contribution >= 4 is 35.8 Å². The van der Waals surface area contributed by atoms with E-state index < -0.39 is 17.8 Å². The second kappa shape index (κ2) is 16.3. The van der Waals surface area contributed by atoms with E-state index in [-0.39, 0.29) is 22.8 Å². The summed E-state index contributed by atoms with van der Waals surface area (Å²) in [6, 6.07) is 23.7. The van der Waals surface area contributed by atoms with Crippen molar-refractivity contribution in [2.45, 2.75) is 0 Å². The van der Waals surface area contributed by atoms with Crippen LogP contribution in [0.3, 0.4) is 0 Å². The number of anilines is 1. The first-order chi connectivity index (χ1) is 23.2. The van der Waals surface area contributed by atoms with Crippen LogP contribution in [0.1, 0.15) is 31.8 Å². The number of methoxy groups -OCH3 is 4. The zero-order chi connectivity index (χ0) is 34.6. The molecule has 0 aliphatic carbocycles. The second-order valence-electron chi connectivity index (χ2n) is 10.3. The van der Waals surface area contributed by atoms with Gasteiger partial charge in [-0.25, -0.2) is 10.2 Å². The molecule has 248 valence electrons. The van der Waals surface area contributed by atoms with Gasteiger partial charge in [0.2, 0.25) is 5.75 Å². The Labute approximate surface area is 278 Å². The molecule has 0 bridgehead atoms. The summed E-state index contributed by atoms with van der Waals surface area (Å²) in [6.45, 7) is 0. The van der Waals surface area contributed by atoms with Crippen LogP contribution >= 0.6 is 0 Å². The van der Waals surface area contributed by atoms with Gasteiger partial charge in [0.25, 0.3) is 11.8 Å². The van der Waals surface area contributed by atoms with Crippen LogP contribution in [0.25, 0.3) is 6.08 Å². The van der Waals surface area contributed by atoms with Crippen LogP contribution in [0.4, 0.5) is 5.69 Å². The molecule has 12 nitrogen and oxygen atoms in total. The van der Waals surface area contributed by atoms with Gasteiger partial charge in [0.1, 0.15) is 5.70 Å². The van der Waals surface area contributed by atoms with Crippen LogP contribution in [0.2, 0.25) is 0 Å². The summed E-state index contributed by atoms with van der Waals surface area (Å²) < 4.78 is 27.0. The lowest BCUT2D eigenvalue weighted by molar-refractivity contribution is -0.117. The number of carbonyl (C=O) groups is 3. The van der Waals surface area contributed by atoms with Crippen LogP contribution in [0.15, 0.2) is 95.7 Å². The highest BCUT2D eigenvalue weighted by atomic mass is 16.6.